The number of carbonyl (C=O) groups excluding carboxylic acids is 1. The number of carbonyl (C=O) groups is 1. The molecule has 0 aliphatic carbocycles. The van der Waals surface area contributed by atoms with E-state index in [1.165, 1.54) is 24.3 Å². The molecular formula is C15H17F2N3O3S. The predicted molar refractivity (Wildman–Crippen MR) is 85.6 cm³/mol. The van der Waals surface area contributed by atoms with Crippen LogP contribution in [0.25, 0.3) is 0 Å². The molecule has 0 spiro atoms. The number of rotatable bonds is 7. The number of amides is 1. The number of halogens is 2. The van der Waals surface area contributed by atoms with Crippen molar-refractivity contribution in [2.45, 2.75) is 31.3 Å². The number of aryl methyl sites for hydroxylation is 1. The van der Waals surface area contributed by atoms with Crippen molar-refractivity contribution < 1.29 is 22.0 Å². The molecule has 9 heteroatoms. The number of nitrogens with zero attached hydrogens (tertiary/aromatic N) is 1. The van der Waals surface area contributed by atoms with Crippen LogP contribution in [-0.4, -0.2) is 30.3 Å². The van der Waals surface area contributed by atoms with Gasteiger partial charge in [0, 0.05) is 17.3 Å². The average Bonchev–Trinajstić information content (AvgIpc) is 2.95. The summed E-state index contributed by atoms with van der Waals surface area (Å²) in [6.07, 6.45) is 1.76. The van der Waals surface area contributed by atoms with Gasteiger partial charge in [-0.1, -0.05) is 25.5 Å². The van der Waals surface area contributed by atoms with Gasteiger partial charge in [0.25, 0.3) is 5.91 Å². The van der Waals surface area contributed by atoms with Crippen molar-refractivity contribution in [3.63, 3.8) is 0 Å². The van der Waals surface area contributed by atoms with Gasteiger partial charge in [-0.2, -0.15) is 13.9 Å². The van der Waals surface area contributed by atoms with Gasteiger partial charge in [0.2, 0.25) is 9.84 Å². The highest BCUT2D eigenvalue weighted by molar-refractivity contribution is 7.90. The van der Waals surface area contributed by atoms with Gasteiger partial charge in [-0.3, -0.25) is 9.89 Å². The molecule has 6 nitrogen and oxygen atoms in total. The van der Waals surface area contributed by atoms with E-state index >= 15 is 0 Å². The molecule has 0 aliphatic rings. The Hall–Kier alpha value is -2.29. The number of sulfone groups is 1. The smallest absolute Gasteiger partial charge is 0.305 e. The van der Waals surface area contributed by atoms with E-state index in [1.54, 1.807) is 6.07 Å². The van der Waals surface area contributed by atoms with Gasteiger partial charge in [0.15, 0.2) is 5.82 Å². The third kappa shape index (κ3) is 4.60. The maximum absolute atomic E-state index is 12.3. The Labute approximate surface area is 138 Å². The van der Waals surface area contributed by atoms with Crippen LogP contribution >= 0.6 is 0 Å². The van der Waals surface area contributed by atoms with E-state index in [9.17, 15) is 22.0 Å². The molecule has 0 fully saturated rings. The minimum atomic E-state index is -4.48. The van der Waals surface area contributed by atoms with Gasteiger partial charge >= 0.3 is 5.76 Å². The highest BCUT2D eigenvalue weighted by Gasteiger charge is 2.24. The lowest BCUT2D eigenvalue weighted by Crippen LogP contribution is -2.14. The first kappa shape index (κ1) is 18.1. The Morgan fingerprint density at radius 2 is 1.96 bits per heavy atom. The minimum absolute atomic E-state index is 0.192. The summed E-state index contributed by atoms with van der Waals surface area (Å²) in [5.74, 6) is -4.23. The van der Waals surface area contributed by atoms with Crippen molar-refractivity contribution in [2.24, 2.45) is 0 Å². The summed E-state index contributed by atoms with van der Waals surface area (Å²) < 4.78 is 47.0. The summed E-state index contributed by atoms with van der Waals surface area (Å²) in [6, 6.07) is 7.16. The summed E-state index contributed by atoms with van der Waals surface area (Å²) in [6.45, 7) is 2.02. The Morgan fingerprint density at radius 1 is 1.29 bits per heavy atom. The van der Waals surface area contributed by atoms with Crippen molar-refractivity contribution >= 4 is 21.6 Å². The normalized spacial score (nSPS) is 11.7. The summed E-state index contributed by atoms with van der Waals surface area (Å²) in [5, 5.41) is 9.38. The van der Waals surface area contributed by atoms with Gasteiger partial charge in [-0.25, -0.2) is 8.42 Å². The number of benzene rings is 1. The van der Waals surface area contributed by atoms with Crippen molar-refractivity contribution in [1.82, 2.24) is 10.2 Å². The van der Waals surface area contributed by atoms with Crippen molar-refractivity contribution in [2.75, 3.05) is 5.32 Å². The fourth-order valence-corrected chi connectivity index (χ4v) is 2.84. The van der Waals surface area contributed by atoms with Crippen LogP contribution in [0.15, 0.2) is 30.3 Å². The van der Waals surface area contributed by atoms with Crippen LogP contribution in [0, 0.1) is 0 Å². The number of aromatic nitrogens is 2. The van der Waals surface area contributed by atoms with Crippen molar-refractivity contribution in [1.29, 1.82) is 0 Å². The quantitative estimate of drug-likeness (QED) is 0.797. The molecule has 0 bridgehead atoms. The molecule has 24 heavy (non-hydrogen) atoms. The Morgan fingerprint density at radius 3 is 2.54 bits per heavy atom. The first-order chi connectivity index (χ1) is 11.3. The zero-order chi connectivity index (χ0) is 17.7. The molecule has 0 saturated heterocycles. The van der Waals surface area contributed by atoms with E-state index in [2.05, 4.69) is 15.5 Å². The molecular weight excluding hydrogens is 340 g/mol. The van der Waals surface area contributed by atoms with E-state index < -0.39 is 27.3 Å². The van der Waals surface area contributed by atoms with Crippen LogP contribution in [0.1, 0.15) is 35.0 Å². The van der Waals surface area contributed by atoms with E-state index in [-0.39, 0.29) is 11.1 Å². The zero-order valence-electron chi connectivity index (χ0n) is 12.9. The number of alkyl halides is 2. The topological polar surface area (TPSA) is 91.9 Å². The second-order valence-electron chi connectivity index (χ2n) is 5.25. The van der Waals surface area contributed by atoms with E-state index in [1.807, 2.05) is 6.92 Å². The molecule has 2 aromatic rings. The third-order valence-corrected chi connectivity index (χ3v) is 4.53. The van der Waals surface area contributed by atoms with E-state index in [0.717, 1.165) is 18.5 Å². The summed E-state index contributed by atoms with van der Waals surface area (Å²) in [4.78, 5) is 12.1. The molecule has 1 amide bonds. The standard InChI is InChI=1S/C15H17F2N3O3S/c1-2-3-12-8-13(20-19-12)18-14(21)11-6-4-10(5-7-11)9-24(22,23)15(16)17/h4-8,15H,2-3,9H2,1H3,(H2,18,19,20,21). The molecule has 1 heterocycles. The van der Waals surface area contributed by atoms with Crippen LogP contribution < -0.4 is 5.32 Å². The lowest BCUT2D eigenvalue weighted by Gasteiger charge is -2.05. The zero-order valence-corrected chi connectivity index (χ0v) is 13.7. The maximum Gasteiger partial charge on any atom is 0.337 e. The SMILES string of the molecule is CCCc1cc(NC(=O)c2ccc(CS(=O)(=O)C(F)F)cc2)n[nH]1. The van der Waals surface area contributed by atoms with Crippen molar-refractivity contribution in [3.05, 3.63) is 47.2 Å². The average molecular weight is 357 g/mol. The number of aromatic amines is 1. The lowest BCUT2D eigenvalue weighted by molar-refractivity contribution is 0.102. The summed E-state index contributed by atoms with van der Waals surface area (Å²) in [7, 11) is -4.48. The number of nitrogens with one attached hydrogen (secondary N) is 2. The molecule has 130 valence electrons. The van der Waals surface area contributed by atoms with E-state index in [0.29, 0.717) is 5.82 Å². The van der Waals surface area contributed by atoms with Crippen molar-refractivity contribution in [3.8, 4) is 0 Å². The summed E-state index contributed by atoms with van der Waals surface area (Å²) in [5.41, 5.74) is 1.37. The fourth-order valence-electron chi connectivity index (χ4n) is 2.06. The predicted octanol–water partition coefficient (Wildman–Crippen LogP) is 2.75. The lowest BCUT2D eigenvalue weighted by atomic mass is 10.1. The van der Waals surface area contributed by atoms with Crippen LogP contribution in [0.3, 0.4) is 0 Å². The van der Waals surface area contributed by atoms with Gasteiger partial charge in [0.1, 0.15) is 0 Å². The molecule has 0 unspecified atom stereocenters. The van der Waals surface area contributed by atoms with Gasteiger partial charge in [0.05, 0.1) is 5.75 Å². The Bertz CT molecular complexity index is 802. The number of H-pyrrole nitrogens is 1. The molecule has 2 N–H and O–H groups in total. The second-order valence-corrected chi connectivity index (χ2v) is 7.22. The number of hydrogen-bond acceptors (Lipinski definition) is 4. The molecule has 0 atom stereocenters. The van der Waals surface area contributed by atoms with Crippen LogP contribution in [0.4, 0.5) is 14.6 Å². The molecule has 1 aromatic carbocycles. The molecule has 0 radical (unpaired) electrons. The molecule has 0 saturated carbocycles. The third-order valence-electron chi connectivity index (χ3n) is 3.25. The largest absolute Gasteiger partial charge is 0.337 e. The highest BCUT2D eigenvalue weighted by Crippen LogP contribution is 2.15. The van der Waals surface area contributed by atoms with Crippen LogP contribution in [0.5, 0.6) is 0 Å². The first-order valence-electron chi connectivity index (χ1n) is 7.26. The number of hydrogen-bond donors (Lipinski definition) is 2. The molecule has 2 rings (SSSR count). The Balaban J connectivity index is 2.03. The monoisotopic (exact) mass is 357 g/mol. The summed E-state index contributed by atoms with van der Waals surface area (Å²) >= 11 is 0. The molecule has 0 aliphatic heterocycles. The highest BCUT2D eigenvalue weighted by atomic mass is 32.2. The fraction of sp³-hybridized carbons (Fsp3) is 0.333. The second kappa shape index (κ2) is 7.52. The van der Waals surface area contributed by atoms with Crippen LogP contribution in [0.2, 0.25) is 0 Å². The van der Waals surface area contributed by atoms with Crippen LogP contribution in [-0.2, 0) is 22.0 Å². The first-order valence-corrected chi connectivity index (χ1v) is 8.97. The Kier molecular flexibility index (Phi) is 5.66. The van der Waals surface area contributed by atoms with Gasteiger partial charge in [-0.05, 0) is 24.1 Å². The number of anilines is 1. The molecule has 1 aromatic heterocycles. The van der Waals surface area contributed by atoms with E-state index in [4.69, 9.17) is 0 Å². The van der Waals surface area contributed by atoms with Gasteiger partial charge < -0.3 is 5.32 Å². The van der Waals surface area contributed by atoms with Gasteiger partial charge in [-0.15, -0.1) is 0 Å². The maximum atomic E-state index is 12.3. The minimum Gasteiger partial charge on any atom is -0.305 e.